The van der Waals surface area contributed by atoms with E-state index in [4.69, 9.17) is 14.5 Å². The second-order valence-electron chi connectivity index (χ2n) is 7.07. The zero-order valence-corrected chi connectivity index (χ0v) is 16.5. The molecule has 2 aromatic carbocycles. The Labute approximate surface area is 174 Å². The lowest BCUT2D eigenvalue weighted by Crippen LogP contribution is -2.38. The topological polar surface area (TPSA) is 104 Å². The van der Waals surface area contributed by atoms with Gasteiger partial charge in [0.25, 0.3) is 0 Å². The summed E-state index contributed by atoms with van der Waals surface area (Å²) in [5.41, 5.74) is 2.01. The van der Waals surface area contributed by atoms with Gasteiger partial charge in [-0.15, -0.1) is 0 Å². The summed E-state index contributed by atoms with van der Waals surface area (Å²) in [7, 11) is 1.62. The number of amides is 1. The number of ether oxygens (including phenoxy) is 1. The van der Waals surface area contributed by atoms with E-state index in [1.807, 2.05) is 29.2 Å². The van der Waals surface area contributed by atoms with Crippen LogP contribution in [0, 0.1) is 17.2 Å². The number of carbonyl (C=O) groups is 1. The van der Waals surface area contributed by atoms with E-state index >= 15 is 0 Å². The lowest BCUT2D eigenvalue weighted by molar-refractivity contribution is -0.120. The van der Waals surface area contributed by atoms with E-state index in [0.29, 0.717) is 49.0 Å². The second-order valence-corrected chi connectivity index (χ2v) is 7.07. The number of methoxy groups -OCH3 is 1. The van der Waals surface area contributed by atoms with Crippen molar-refractivity contribution in [2.75, 3.05) is 30.4 Å². The average molecular weight is 403 g/mol. The lowest BCUT2D eigenvalue weighted by atomic mass is 9.96. The Balaban J connectivity index is 1.34. The molecule has 1 fully saturated rings. The van der Waals surface area contributed by atoms with Crippen molar-refractivity contribution in [1.29, 1.82) is 5.26 Å². The SMILES string of the molecule is COc1ccc(-c2noc(N3CCC(C(=O)Nc4cccc(C#N)c4)CC3)n2)cc1. The van der Waals surface area contributed by atoms with Crippen molar-refractivity contribution in [2.24, 2.45) is 5.92 Å². The molecule has 0 saturated carbocycles. The normalized spacial score (nSPS) is 14.2. The highest BCUT2D eigenvalue weighted by molar-refractivity contribution is 5.92. The van der Waals surface area contributed by atoms with Crippen LogP contribution in [0.1, 0.15) is 18.4 Å². The Kier molecular flexibility index (Phi) is 5.61. The third-order valence-electron chi connectivity index (χ3n) is 5.16. The van der Waals surface area contributed by atoms with Crippen molar-refractivity contribution in [3.8, 4) is 23.2 Å². The van der Waals surface area contributed by atoms with E-state index < -0.39 is 0 Å². The summed E-state index contributed by atoms with van der Waals surface area (Å²) in [5.74, 6) is 1.15. The van der Waals surface area contributed by atoms with Gasteiger partial charge in [0.05, 0.1) is 18.7 Å². The summed E-state index contributed by atoms with van der Waals surface area (Å²) in [6.45, 7) is 1.31. The number of rotatable bonds is 5. The highest BCUT2D eigenvalue weighted by atomic mass is 16.5. The monoisotopic (exact) mass is 403 g/mol. The molecule has 1 N–H and O–H groups in total. The molecular weight excluding hydrogens is 382 g/mol. The maximum absolute atomic E-state index is 12.6. The van der Waals surface area contributed by atoms with E-state index in [0.717, 1.165) is 11.3 Å². The molecule has 0 aliphatic carbocycles. The first-order chi connectivity index (χ1) is 14.7. The third kappa shape index (κ3) is 4.25. The molecule has 1 aromatic heterocycles. The molecule has 152 valence electrons. The zero-order valence-electron chi connectivity index (χ0n) is 16.5. The predicted molar refractivity (Wildman–Crippen MR) is 111 cm³/mol. The summed E-state index contributed by atoms with van der Waals surface area (Å²) in [6, 6.07) is 16.9. The molecule has 4 rings (SSSR count). The molecule has 0 unspecified atom stereocenters. The first kappa shape index (κ1) is 19.5. The van der Waals surface area contributed by atoms with Crippen LogP contribution in [0.5, 0.6) is 5.75 Å². The minimum Gasteiger partial charge on any atom is -0.497 e. The van der Waals surface area contributed by atoms with Gasteiger partial charge in [0.15, 0.2) is 0 Å². The Morgan fingerprint density at radius 3 is 2.70 bits per heavy atom. The number of hydrogen-bond donors (Lipinski definition) is 1. The molecule has 8 nitrogen and oxygen atoms in total. The second kappa shape index (κ2) is 8.66. The van der Waals surface area contributed by atoms with Gasteiger partial charge in [0, 0.05) is 30.3 Å². The van der Waals surface area contributed by atoms with Gasteiger partial charge in [-0.05, 0) is 55.3 Å². The summed E-state index contributed by atoms with van der Waals surface area (Å²) < 4.78 is 10.6. The zero-order chi connectivity index (χ0) is 20.9. The molecule has 1 aliphatic heterocycles. The van der Waals surface area contributed by atoms with E-state index in [1.165, 1.54) is 0 Å². The number of piperidine rings is 1. The van der Waals surface area contributed by atoms with Gasteiger partial charge in [-0.2, -0.15) is 10.2 Å². The largest absolute Gasteiger partial charge is 0.497 e. The van der Waals surface area contributed by atoms with E-state index in [9.17, 15) is 4.79 Å². The molecule has 3 aromatic rings. The number of aromatic nitrogens is 2. The van der Waals surface area contributed by atoms with Gasteiger partial charge >= 0.3 is 6.01 Å². The molecule has 0 bridgehead atoms. The van der Waals surface area contributed by atoms with Crippen molar-refractivity contribution in [3.05, 3.63) is 54.1 Å². The minimum absolute atomic E-state index is 0.0332. The van der Waals surface area contributed by atoms with Gasteiger partial charge in [0.2, 0.25) is 11.7 Å². The van der Waals surface area contributed by atoms with Crippen LogP contribution < -0.4 is 15.0 Å². The summed E-state index contributed by atoms with van der Waals surface area (Å²) in [5, 5.41) is 16.0. The number of nitrogens with one attached hydrogen (secondary N) is 1. The maximum atomic E-state index is 12.6. The van der Waals surface area contributed by atoms with E-state index in [-0.39, 0.29) is 11.8 Å². The first-order valence-corrected chi connectivity index (χ1v) is 9.70. The van der Waals surface area contributed by atoms with E-state index in [1.54, 1.807) is 31.4 Å². The number of hydrogen-bond acceptors (Lipinski definition) is 7. The predicted octanol–water partition coefficient (Wildman–Crippen LogP) is 3.47. The van der Waals surface area contributed by atoms with E-state index in [2.05, 4.69) is 21.5 Å². The molecule has 1 saturated heterocycles. The number of carbonyl (C=O) groups excluding carboxylic acids is 1. The van der Waals surface area contributed by atoms with Crippen LogP contribution in [0.25, 0.3) is 11.4 Å². The number of nitrogens with zero attached hydrogens (tertiary/aromatic N) is 4. The first-order valence-electron chi connectivity index (χ1n) is 9.70. The van der Waals surface area contributed by atoms with Crippen LogP contribution in [-0.4, -0.2) is 36.2 Å². The Morgan fingerprint density at radius 1 is 1.23 bits per heavy atom. The quantitative estimate of drug-likeness (QED) is 0.695. The highest BCUT2D eigenvalue weighted by Crippen LogP contribution is 2.26. The van der Waals surface area contributed by atoms with Crippen molar-refractivity contribution in [2.45, 2.75) is 12.8 Å². The number of nitriles is 1. The molecule has 30 heavy (non-hydrogen) atoms. The Bertz CT molecular complexity index is 1060. The van der Waals surface area contributed by atoms with Gasteiger partial charge in [0.1, 0.15) is 5.75 Å². The number of benzene rings is 2. The van der Waals surface area contributed by atoms with Crippen molar-refractivity contribution in [3.63, 3.8) is 0 Å². The molecule has 1 aliphatic rings. The molecule has 8 heteroatoms. The van der Waals surface area contributed by atoms with Crippen molar-refractivity contribution >= 4 is 17.6 Å². The molecule has 2 heterocycles. The number of anilines is 2. The van der Waals surface area contributed by atoms with Crippen LogP contribution >= 0.6 is 0 Å². The Morgan fingerprint density at radius 2 is 2.00 bits per heavy atom. The fraction of sp³-hybridized carbons (Fsp3) is 0.273. The maximum Gasteiger partial charge on any atom is 0.324 e. The molecule has 0 spiro atoms. The van der Waals surface area contributed by atoms with Crippen LogP contribution in [0.3, 0.4) is 0 Å². The minimum atomic E-state index is -0.101. The lowest BCUT2D eigenvalue weighted by Gasteiger charge is -2.29. The van der Waals surface area contributed by atoms with Gasteiger partial charge < -0.3 is 19.5 Å². The average Bonchev–Trinajstić information content (AvgIpc) is 3.29. The van der Waals surface area contributed by atoms with Gasteiger partial charge in [-0.3, -0.25) is 4.79 Å². The van der Waals surface area contributed by atoms with Crippen molar-refractivity contribution in [1.82, 2.24) is 10.1 Å². The summed E-state index contributed by atoms with van der Waals surface area (Å²) >= 11 is 0. The summed E-state index contributed by atoms with van der Waals surface area (Å²) in [6.07, 6.45) is 1.37. The molecular formula is C22H21N5O3. The van der Waals surface area contributed by atoms with Crippen LogP contribution in [0.4, 0.5) is 11.7 Å². The highest BCUT2D eigenvalue weighted by Gasteiger charge is 2.27. The third-order valence-corrected chi connectivity index (χ3v) is 5.16. The standard InChI is InChI=1S/C22H21N5O3/c1-29-19-7-5-16(6-8-19)20-25-22(30-26-20)27-11-9-17(10-12-27)21(28)24-18-4-2-3-15(13-18)14-23/h2-8,13,17H,9-12H2,1H3,(H,24,28). The molecule has 1 amide bonds. The summed E-state index contributed by atoms with van der Waals surface area (Å²) in [4.78, 5) is 19.1. The van der Waals surface area contributed by atoms with Crippen LogP contribution in [0.2, 0.25) is 0 Å². The van der Waals surface area contributed by atoms with Gasteiger partial charge in [-0.25, -0.2) is 0 Å². The fourth-order valence-corrected chi connectivity index (χ4v) is 3.45. The molecule has 0 radical (unpaired) electrons. The molecule has 0 atom stereocenters. The smallest absolute Gasteiger partial charge is 0.324 e. The van der Waals surface area contributed by atoms with Gasteiger partial charge in [-0.1, -0.05) is 11.2 Å². The van der Waals surface area contributed by atoms with Crippen LogP contribution in [0.15, 0.2) is 53.1 Å². The van der Waals surface area contributed by atoms with Crippen molar-refractivity contribution < 1.29 is 14.1 Å². The Hall–Kier alpha value is -3.86. The van der Waals surface area contributed by atoms with Crippen LogP contribution in [-0.2, 0) is 4.79 Å². The fourth-order valence-electron chi connectivity index (χ4n) is 3.45.